The Bertz CT molecular complexity index is 4290. The summed E-state index contributed by atoms with van der Waals surface area (Å²) in [5.41, 5.74) is 29.7. The van der Waals surface area contributed by atoms with Gasteiger partial charge >= 0.3 is 0 Å². The van der Waals surface area contributed by atoms with Crippen LogP contribution in [0.4, 0.5) is 0 Å². The van der Waals surface area contributed by atoms with Crippen molar-refractivity contribution in [2.24, 2.45) is 35.1 Å². The van der Waals surface area contributed by atoms with E-state index in [1.165, 1.54) is 9.80 Å². The minimum Gasteiger partial charge on any atom is -0.508 e. The summed E-state index contributed by atoms with van der Waals surface area (Å²) in [6.07, 6.45) is -1.73. The molecule has 9 rings (SSSR count). The van der Waals surface area contributed by atoms with Crippen molar-refractivity contribution in [3.63, 3.8) is 0 Å². The summed E-state index contributed by atoms with van der Waals surface area (Å²) >= 11 is 3.85. The number of aliphatic hydroxyl groups is 6. The first-order valence-electron chi connectivity index (χ1n) is 31.2. The number of likely N-dealkylation sites (N-methyl/N-ethyl adjacent to an activating group) is 2. The van der Waals surface area contributed by atoms with Crippen LogP contribution in [0.5, 0.6) is 11.5 Å². The summed E-state index contributed by atoms with van der Waals surface area (Å²) in [5.74, 6) is -12.9. The van der Waals surface area contributed by atoms with Crippen molar-refractivity contribution >= 4 is 190 Å². The van der Waals surface area contributed by atoms with Crippen LogP contribution >= 0.6 is 45.5 Å². The van der Waals surface area contributed by atoms with Crippen molar-refractivity contribution in [1.29, 1.82) is 0 Å². The Hall–Kier alpha value is -7.42. The van der Waals surface area contributed by atoms with Crippen LogP contribution < -0.4 is 11.5 Å². The van der Waals surface area contributed by atoms with Crippen molar-refractivity contribution in [1.82, 2.24) is 12.9 Å². The van der Waals surface area contributed by atoms with Gasteiger partial charge in [-0.2, -0.15) is 0 Å². The number of rotatable bonds is 8. The largest absolute Gasteiger partial charge is 0.508 e. The van der Waals surface area contributed by atoms with Gasteiger partial charge in [0.25, 0.3) is 11.8 Å². The molecule has 12 N–H and O–H groups in total. The van der Waals surface area contributed by atoms with Gasteiger partial charge in [-0.15, -0.1) is 0 Å². The van der Waals surface area contributed by atoms with Crippen molar-refractivity contribution in [2.45, 2.75) is 114 Å². The molecule has 8 atom stereocenters. The van der Waals surface area contributed by atoms with E-state index < -0.39 is 159 Å². The lowest BCUT2D eigenvalue weighted by Crippen LogP contribution is -2.67. The summed E-state index contributed by atoms with van der Waals surface area (Å²) in [5, 5.41) is 89.6. The van der Waals surface area contributed by atoms with Gasteiger partial charge in [0.2, 0.25) is 23.4 Å². The number of aliphatic hydroxyl groups excluding tert-OH is 4. The number of Topliss-reactive ketones (excluding diaryl/α,β-unsaturated/α-hetero) is 4. The first-order chi connectivity index (χ1) is 46.7. The van der Waals surface area contributed by atoms with Crippen LogP contribution in [0.1, 0.15) is 101 Å². The zero-order valence-electron chi connectivity index (χ0n) is 57.4. The number of primary amides is 2. The van der Waals surface area contributed by atoms with E-state index in [0.29, 0.717) is 35.1 Å². The highest BCUT2D eigenvalue weighted by Gasteiger charge is 2.66. The molecule has 2 aromatic carbocycles. The number of halogens is 2. The fraction of sp³-hybridized carbons (Fsp3) is 0.394. The zero-order valence-corrected chi connectivity index (χ0v) is 61.7. The van der Waals surface area contributed by atoms with E-state index in [9.17, 15) is 79.2 Å². The number of fused-ring (bicyclic) bond motifs is 6. The lowest BCUT2D eigenvalue weighted by Gasteiger charge is -2.50. The predicted molar refractivity (Wildman–Crippen MR) is 409 cm³/mol. The van der Waals surface area contributed by atoms with Gasteiger partial charge in [0, 0.05) is 137 Å². The lowest BCUT2D eigenvalue weighted by molar-refractivity contribution is -0.155. The molecule has 3 fully saturated rings. The number of phenolic OH excluding ortho intramolecular Hbond substituents is 2. The minimum atomic E-state index is -2.63. The first kappa shape index (κ1) is 84.2. The Kier molecular flexibility index (Phi) is 27.8. The van der Waals surface area contributed by atoms with Crippen LogP contribution in [0.3, 0.4) is 0 Å². The van der Waals surface area contributed by atoms with Gasteiger partial charge in [0.1, 0.15) is 45.7 Å². The molecule has 0 spiro atoms. The Labute approximate surface area is 625 Å². The third-order valence-electron chi connectivity index (χ3n) is 18.3. The number of hydrogen-bond acceptors (Lipinski definition) is 18. The topological polar surface area (TPSA) is 360 Å². The van der Waals surface area contributed by atoms with Crippen molar-refractivity contribution < 1.29 is 79.2 Å². The summed E-state index contributed by atoms with van der Waals surface area (Å²) in [6, 6.07) is 3.26. The van der Waals surface area contributed by atoms with E-state index in [2.05, 4.69) is 93.1 Å². The van der Waals surface area contributed by atoms with Gasteiger partial charge < -0.3 is 52.3 Å². The average Bonchev–Trinajstić information content (AvgIpc) is 0.845. The maximum atomic E-state index is 13.8. The molecule has 14 radical (unpaired) electrons. The van der Waals surface area contributed by atoms with Crippen LogP contribution in [0.2, 0.25) is 0 Å². The predicted octanol–water partition coefficient (Wildman–Crippen LogP) is 1.40. The molecule has 2 aromatic rings. The molecule has 0 unspecified atom stereocenters. The Morgan fingerprint density at radius 1 is 0.594 bits per heavy atom. The average molecular weight is 1570 g/mol. The summed E-state index contributed by atoms with van der Waals surface area (Å²) in [7, 11) is 44.2. The van der Waals surface area contributed by atoms with E-state index in [0.717, 1.165) is 6.68 Å². The maximum absolute atomic E-state index is 13.8. The Morgan fingerprint density at radius 3 is 1.28 bits per heavy atom. The third-order valence-corrected chi connectivity index (χ3v) is 20.3. The molecule has 502 valence electrons. The Morgan fingerprint density at radius 2 is 0.960 bits per heavy atom. The third kappa shape index (κ3) is 17.0. The molecule has 101 heavy (non-hydrogen) atoms. The van der Waals surface area contributed by atoms with E-state index in [4.69, 9.17) is 65.6 Å². The number of nitrogens with zero attached hydrogens (tertiary/aromatic N) is 3. The number of carbonyl (C=O) groups is 8. The molecule has 1 saturated heterocycles. The quantitative estimate of drug-likeness (QED) is 0.0446. The second-order valence-electron chi connectivity index (χ2n) is 27.3. The molecule has 2 saturated carbocycles. The normalized spacial score (nSPS) is 22.9. The number of nitrogens with two attached hydrogens (primary N) is 2. The molecular formula is C66H67B12I2N5O16. The lowest BCUT2D eigenvalue weighted by atomic mass is 8.53. The molecule has 35 heteroatoms. The highest BCUT2D eigenvalue weighted by Crippen LogP contribution is 2.56. The van der Waals surface area contributed by atoms with Crippen LogP contribution in [0, 0.1) is 27.2 Å². The molecule has 0 aromatic heterocycles. The van der Waals surface area contributed by atoms with E-state index >= 15 is 0 Å². The minimum absolute atomic E-state index is 0.0730. The smallest absolute Gasteiger partial charge is 0.255 e. The second kappa shape index (κ2) is 33.4. The van der Waals surface area contributed by atoms with Crippen LogP contribution in [-0.4, -0.2) is 238 Å². The van der Waals surface area contributed by atoms with Gasteiger partial charge in [0.15, 0.2) is 22.8 Å². The molecule has 1 aliphatic heterocycles. The molecule has 1 heterocycles. The summed E-state index contributed by atoms with van der Waals surface area (Å²) < 4.78 is 1.94. The number of aromatic hydroxyl groups is 2. The monoisotopic (exact) mass is 1570 g/mol. The van der Waals surface area contributed by atoms with Crippen LogP contribution in [0.15, 0.2) is 122 Å². The highest BCUT2D eigenvalue weighted by atomic mass is 127. The van der Waals surface area contributed by atoms with Gasteiger partial charge in [-0.1, -0.05) is 65.1 Å². The standard InChI is InChI=1S/C25H29IN2O7.C25H30N2O7.C12H4.C4H4INO2.B12/c1-24(2,3)12-8-13(26)10-6-9-7-11-17(28(4)5)20(31)16(23(27)34)22(33)25(11,35)21(32)14(9)19(30)15(10)18(12)29;1-24(2,3)12-7-6-10-8-11-9-13-17(27(4)5)20(30)16(23(26)33)22(32)25(13,34)21(31)15(11)19(29)14(10)18(12)28;1-3-5-7-9-11-12-10-8-6-4-2;5-6-3(7)1-2-4(6)8;1-8(2)11(7)12(9(3)4)10(5)6/h8-9,11,17,29-30,33,35H,6-7H2,1-5H3,(H2,27,34);6-7,11,13,17,28-29,32,34H,8-9H2,1-5H3,(H2,26,33);1-2H2;1-2H2;/t9-,11-,17-,25-;11-,13-,17-,25-;;;/m00.../s1. The number of hydrogen-bond donors (Lipinski definition) is 10. The number of ketones is 4. The van der Waals surface area contributed by atoms with Gasteiger partial charge in [-0.05, 0) is 175 Å². The van der Waals surface area contributed by atoms with Crippen molar-refractivity contribution in [2.75, 3.05) is 28.2 Å². The first-order valence-corrected chi connectivity index (χ1v) is 33.3. The number of phenols is 2. The zero-order chi connectivity index (χ0) is 77.0. The fourth-order valence-electron chi connectivity index (χ4n) is 13.5. The Balaban J connectivity index is 0.000000256. The van der Waals surface area contributed by atoms with Crippen LogP contribution in [-0.2, 0) is 62.0 Å². The highest BCUT2D eigenvalue weighted by molar-refractivity contribution is 14.1. The van der Waals surface area contributed by atoms with Crippen LogP contribution in [0.25, 0.3) is 11.5 Å². The van der Waals surface area contributed by atoms with Gasteiger partial charge in [0.05, 0.1) is 46.1 Å². The second-order valence-corrected chi connectivity index (χ2v) is 29.5. The summed E-state index contributed by atoms with van der Waals surface area (Å²) in [6.45, 7) is 18.0. The van der Waals surface area contributed by atoms with E-state index in [1.54, 1.807) is 63.2 Å². The molecule has 4 amide bonds. The molecule has 7 aliphatic rings. The van der Waals surface area contributed by atoms with Gasteiger partial charge in [-0.25, -0.2) is 3.11 Å². The number of carbonyl (C=O) groups excluding carboxylic acids is 8. The SMILES string of the molecule is C=C=C=C=C=C=C=C=C=C=C=C.CN(C)[C@@H]1C(=O)C(C(N)=O)=C(O)[C@@]2(O)C(=O)C3=C(O)c4c(O)c(C(C)(C)C)cc(I)c4C[C@H]3C[C@@H]12.CN(C)[C@@H]1C(=O)C(C(N)=O)=C(O)[C@@]2(O)C(=O)C3=C(O)c4c(ccc(C(C)(C)C)c4O)C[C@H]3C[C@@H]12.O=C1CCC(=O)N1I.[B]B([B])B([B])B(B([B])[B])B([B])[B]. The van der Waals surface area contributed by atoms with Crippen molar-refractivity contribution in [3.8, 4) is 11.5 Å². The van der Waals surface area contributed by atoms with Gasteiger partial charge in [-0.3, -0.25) is 48.2 Å². The molecular weight excluding hydrogens is 1500 g/mol. The number of amides is 4. The van der Waals surface area contributed by atoms with E-state index in [-0.39, 0.29) is 71.3 Å². The molecule has 6 aliphatic carbocycles. The van der Waals surface area contributed by atoms with Crippen molar-refractivity contribution in [3.05, 3.63) is 159 Å². The number of imide groups is 1. The fourth-order valence-corrected chi connectivity index (χ4v) is 14.8. The maximum Gasteiger partial charge on any atom is 0.255 e. The van der Waals surface area contributed by atoms with E-state index in [1.807, 2.05) is 47.6 Å². The summed E-state index contributed by atoms with van der Waals surface area (Å²) in [4.78, 5) is 102. The molecule has 21 nitrogen and oxygen atoms in total. The molecule has 0 bridgehead atoms. The number of benzene rings is 2.